The van der Waals surface area contributed by atoms with Gasteiger partial charge in [-0.2, -0.15) is 0 Å². The molecule has 15 heavy (non-hydrogen) atoms. The highest BCUT2D eigenvalue weighted by molar-refractivity contribution is 7.80. The Morgan fingerprint density at radius 3 is 2.80 bits per heavy atom. The average Bonchev–Trinajstić information content (AvgIpc) is 2.19. The monoisotopic (exact) mass is 223 g/mol. The van der Waals surface area contributed by atoms with Crippen LogP contribution < -0.4 is 11.1 Å². The van der Waals surface area contributed by atoms with Gasteiger partial charge in [0.2, 0.25) is 0 Å². The highest BCUT2D eigenvalue weighted by Gasteiger charge is 2.20. The van der Waals surface area contributed by atoms with Crippen LogP contribution in [-0.2, 0) is 6.54 Å². The Labute approximate surface area is 96.1 Å². The SMILES string of the molecule is CC(C)(CNCc1ccccn1)C(N)=S. The molecule has 1 heterocycles. The van der Waals surface area contributed by atoms with Crippen molar-refractivity contribution in [2.45, 2.75) is 20.4 Å². The first-order chi connectivity index (χ1) is 7.02. The smallest absolute Gasteiger partial charge is 0.0797 e. The quantitative estimate of drug-likeness (QED) is 0.742. The molecule has 0 radical (unpaired) electrons. The van der Waals surface area contributed by atoms with Gasteiger partial charge in [-0.15, -0.1) is 0 Å². The zero-order valence-corrected chi connectivity index (χ0v) is 9.97. The first-order valence-corrected chi connectivity index (χ1v) is 5.34. The Hall–Kier alpha value is -1.00. The first kappa shape index (κ1) is 12.1. The van der Waals surface area contributed by atoms with Gasteiger partial charge in [-0.3, -0.25) is 4.98 Å². The van der Waals surface area contributed by atoms with E-state index in [2.05, 4.69) is 10.3 Å². The second kappa shape index (κ2) is 5.19. The molecule has 0 aromatic carbocycles. The third kappa shape index (κ3) is 3.93. The van der Waals surface area contributed by atoms with E-state index in [1.54, 1.807) is 6.20 Å². The van der Waals surface area contributed by atoms with Gasteiger partial charge in [-0.25, -0.2) is 0 Å². The predicted octanol–water partition coefficient (Wildman–Crippen LogP) is 1.48. The number of hydrogen-bond acceptors (Lipinski definition) is 3. The van der Waals surface area contributed by atoms with Crippen LogP contribution in [0.2, 0.25) is 0 Å². The standard InChI is InChI=1S/C11H17N3S/c1-11(2,10(12)15)8-13-7-9-5-3-4-6-14-9/h3-6,13H,7-8H2,1-2H3,(H2,12,15). The minimum Gasteiger partial charge on any atom is -0.393 e. The normalized spacial score (nSPS) is 11.3. The van der Waals surface area contributed by atoms with Crippen molar-refractivity contribution < 1.29 is 0 Å². The summed E-state index contributed by atoms with van der Waals surface area (Å²) in [7, 11) is 0. The maximum absolute atomic E-state index is 5.63. The van der Waals surface area contributed by atoms with Gasteiger partial charge in [-0.1, -0.05) is 32.1 Å². The van der Waals surface area contributed by atoms with Crippen LogP contribution >= 0.6 is 12.2 Å². The van der Waals surface area contributed by atoms with Crippen LogP contribution in [-0.4, -0.2) is 16.5 Å². The lowest BCUT2D eigenvalue weighted by Gasteiger charge is -2.23. The fraction of sp³-hybridized carbons (Fsp3) is 0.455. The predicted molar refractivity (Wildman–Crippen MR) is 66.5 cm³/mol. The minimum atomic E-state index is -0.149. The summed E-state index contributed by atoms with van der Waals surface area (Å²) in [6, 6.07) is 5.87. The van der Waals surface area contributed by atoms with Crippen LogP contribution in [0.4, 0.5) is 0 Å². The van der Waals surface area contributed by atoms with Gasteiger partial charge >= 0.3 is 0 Å². The number of nitrogens with two attached hydrogens (primary N) is 1. The van der Waals surface area contributed by atoms with E-state index in [1.165, 1.54) is 0 Å². The Morgan fingerprint density at radius 1 is 1.53 bits per heavy atom. The van der Waals surface area contributed by atoms with Gasteiger partial charge in [0.05, 0.1) is 10.7 Å². The van der Waals surface area contributed by atoms with Crippen LogP contribution in [0.15, 0.2) is 24.4 Å². The van der Waals surface area contributed by atoms with E-state index in [9.17, 15) is 0 Å². The zero-order valence-electron chi connectivity index (χ0n) is 9.16. The summed E-state index contributed by atoms with van der Waals surface area (Å²) < 4.78 is 0. The lowest BCUT2D eigenvalue weighted by atomic mass is 9.94. The lowest BCUT2D eigenvalue weighted by Crippen LogP contribution is -2.39. The molecule has 0 saturated carbocycles. The van der Waals surface area contributed by atoms with E-state index >= 15 is 0 Å². The molecule has 0 fully saturated rings. The summed E-state index contributed by atoms with van der Waals surface area (Å²) >= 11 is 4.98. The molecule has 0 aliphatic rings. The summed E-state index contributed by atoms with van der Waals surface area (Å²) in [5.74, 6) is 0. The van der Waals surface area contributed by atoms with E-state index in [1.807, 2.05) is 32.0 Å². The van der Waals surface area contributed by atoms with Gasteiger partial charge in [0.15, 0.2) is 0 Å². The van der Waals surface area contributed by atoms with Gasteiger partial charge in [0.1, 0.15) is 0 Å². The Kier molecular flexibility index (Phi) is 4.17. The number of hydrogen-bond donors (Lipinski definition) is 2. The molecule has 0 atom stereocenters. The maximum atomic E-state index is 5.63. The third-order valence-electron chi connectivity index (χ3n) is 2.27. The first-order valence-electron chi connectivity index (χ1n) is 4.93. The molecule has 0 amide bonds. The molecule has 0 aliphatic heterocycles. The van der Waals surface area contributed by atoms with Gasteiger partial charge in [-0.05, 0) is 12.1 Å². The van der Waals surface area contributed by atoms with Crippen molar-refractivity contribution >= 4 is 17.2 Å². The summed E-state index contributed by atoms with van der Waals surface area (Å²) in [5, 5.41) is 3.29. The van der Waals surface area contributed by atoms with E-state index in [0.29, 0.717) is 4.99 Å². The number of aromatic nitrogens is 1. The highest BCUT2D eigenvalue weighted by Crippen LogP contribution is 2.13. The van der Waals surface area contributed by atoms with Crippen LogP contribution in [0, 0.1) is 5.41 Å². The van der Waals surface area contributed by atoms with E-state index in [-0.39, 0.29) is 5.41 Å². The fourth-order valence-electron chi connectivity index (χ4n) is 1.09. The minimum absolute atomic E-state index is 0.149. The van der Waals surface area contributed by atoms with Crippen molar-refractivity contribution in [1.82, 2.24) is 10.3 Å². The average molecular weight is 223 g/mol. The van der Waals surface area contributed by atoms with Crippen molar-refractivity contribution in [3.63, 3.8) is 0 Å². The number of rotatable bonds is 5. The highest BCUT2D eigenvalue weighted by atomic mass is 32.1. The van der Waals surface area contributed by atoms with Gasteiger partial charge in [0.25, 0.3) is 0 Å². The van der Waals surface area contributed by atoms with Gasteiger partial charge in [0, 0.05) is 24.7 Å². The summed E-state index contributed by atoms with van der Waals surface area (Å²) in [6.07, 6.45) is 1.79. The molecule has 0 aliphatic carbocycles. The molecule has 3 nitrogen and oxygen atoms in total. The molecule has 82 valence electrons. The summed E-state index contributed by atoms with van der Waals surface area (Å²) in [6.45, 7) is 5.56. The molecule has 4 heteroatoms. The molecule has 0 saturated heterocycles. The molecular formula is C11H17N3S. The van der Waals surface area contributed by atoms with Crippen LogP contribution in [0.1, 0.15) is 19.5 Å². The molecule has 0 unspecified atom stereocenters. The summed E-state index contributed by atoms with van der Waals surface area (Å²) in [5.41, 5.74) is 6.50. The van der Waals surface area contributed by atoms with E-state index in [4.69, 9.17) is 18.0 Å². The zero-order chi connectivity index (χ0) is 11.3. The van der Waals surface area contributed by atoms with Gasteiger partial charge < -0.3 is 11.1 Å². The molecule has 1 aromatic rings. The lowest BCUT2D eigenvalue weighted by molar-refractivity contribution is 0.465. The van der Waals surface area contributed by atoms with Crippen LogP contribution in [0.25, 0.3) is 0 Å². The van der Waals surface area contributed by atoms with Crippen molar-refractivity contribution in [1.29, 1.82) is 0 Å². The van der Waals surface area contributed by atoms with Crippen molar-refractivity contribution in [2.24, 2.45) is 11.1 Å². The molecule has 0 bridgehead atoms. The number of nitrogens with zero attached hydrogens (tertiary/aromatic N) is 1. The fourth-order valence-corrected chi connectivity index (χ4v) is 1.17. The number of pyridine rings is 1. The van der Waals surface area contributed by atoms with Crippen LogP contribution in [0.5, 0.6) is 0 Å². The molecule has 3 N–H and O–H groups in total. The second-order valence-electron chi connectivity index (χ2n) is 4.17. The topological polar surface area (TPSA) is 50.9 Å². The molecule has 1 rings (SSSR count). The Bertz CT molecular complexity index is 322. The molecular weight excluding hydrogens is 206 g/mol. The summed E-state index contributed by atoms with van der Waals surface area (Å²) in [4.78, 5) is 4.75. The van der Waals surface area contributed by atoms with Crippen molar-refractivity contribution in [2.75, 3.05) is 6.54 Å². The largest absolute Gasteiger partial charge is 0.393 e. The number of nitrogens with one attached hydrogen (secondary N) is 1. The Morgan fingerprint density at radius 2 is 2.27 bits per heavy atom. The van der Waals surface area contributed by atoms with E-state index in [0.717, 1.165) is 18.8 Å². The maximum Gasteiger partial charge on any atom is 0.0797 e. The van der Waals surface area contributed by atoms with Crippen molar-refractivity contribution in [3.8, 4) is 0 Å². The third-order valence-corrected chi connectivity index (χ3v) is 2.82. The van der Waals surface area contributed by atoms with E-state index < -0.39 is 0 Å². The Balaban J connectivity index is 2.37. The molecule has 1 aromatic heterocycles. The van der Waals surface area contributed by atoms with Crippen molar-refractivity contribution in [3.05, 3.63) is 30.1 Å². The van der Waals surface area contributed by atoms with Crippen LogP contribution in [0.3, 0.4) is 0 Å². The molecule has 0 spiro atoms. The number of thiocarbonyl (C=S) groups is 1. The second-order valence-corrected chi connectivity index (χ2v) is 4.61.